The highest BCUT2D eigenvalue weighted by Gasteiger charge is 2.43. The molecule has 3 aliphatic heterocycles. The molecule has 5 heterocycles. The van der Waals surface area contributed by atoms with Crippen molar-refractivity contribution in [3.63, 3.8) is 0 Å². The molecule has 24 nitrogen and oxygen atoms in total. The first-order valence-corrected chi connectivity index (χ1v) is 26.8. The van der Waals surface area contributed by atoms with Crippen LogP contribution in [0.4, 0.5) is 0 Å². The summed E-state index contributed by atoms with van der Waals surface area (Å²) >= 11 is 2.53. The summed E-state index contributed by atoms with van der Waals surface area (Å²) in [4.78, 5) is 168. The lowest BCUT2D eigenvalue weighted by atomic mass is 10.1. The zero-order valence-corrected chi connectivity index (χ0v) is 46.0. The minimum atomic E-state index is -0.809. The van der Waals surface area contributed by atoms with E-state index < -0.39 is 63.7 Å². The number of aldehydes is 2. The van der Waals surface area contributed by atoms with Gasteiger partial charge in [0.25, 0.3) is 35.4 Å². The Morgan fingerprint density at radius 2 is 0.963 bits per heavy atom. The molecule has 0 bridgehead atoms. The number of aromatic nitrogens is 2. The molecule has 2 atom stereocenters. The second-order valence-corrected chi connectivity index (χ2v) is 18.7. The smallest absolute Gasteiger partial charge is 0.355 e. The van der Waals surface area contributed by atoms with Gasteiger partial charge < -0.3 is 26.9 Å². The Morgan fingerprint density at radius 1 is 0.580 bits per heavy atom. The van der Waals surface area contributed by atoms with E-state index in [9.17, 15) is 62.3 Å². The van der Waals surface area contributed by atoms with Crippen molar-refractivity contribution in [3.05, 3.63) is 165 Å². The van der Waals surface area contributed by atoms with Gasteiger partial charge >= 0.3 is 5.97 Å². The number of aliphatic imine (C=N–C) groups is 1. The second-order valence-electron chi connectivity index (χ2n) is 16.6. The van der Waals surface area contributed by atoms with Gasteiger partial charge in [0.05, 0.1) is 45.1 Å². The van der Waals surface area contributed by atoms with E-state index in [2.05, 4.69) is 31.3 Å². The Kier molecular flexibility index (Phi) is 25.4. The van der Waals surface area contributed by atoms with Gasteiger partial charge in [-0.05, 0) is 85.8 Å². The Balaban J connectivity index is 0.000000242. The zero-order valence-electron chi connectivity index (χ0n) is 44.4. The van der Waals surface area contributed by atoms with Crippen molar-refractivity contribution < 1.29 is 67.2 Å². The third-order valence-corrected chi connectivity index (χ3v) is 13.3. The highest BCUT2D eigenvalue weighted by molar-refractivity contribution is 8.00. The van der Waals surface area contributed by atoms with Crippen LogP contribution in [-0.4, -0.2) is 153 Å². The number of rotatable bonds is 14. The van der Waals surface area contributed by atoms with Crippen LogP contribution in [0.2, 0.25) is 0 Å². The quantitative estimate of drug-likeness (QED) is 0.0705. The van der Waals surface area contributed by atoms with Crippen LogP contribution in [0.5, 0.6) is 0 Å². The fourth-order valence-electron chi connectivity index (χ4n) is 7.04. The lowest BCUT2D eigenvalue weighted by Crippen LogP contribution is -2.37. The largest absolute Gasteiger partial charge is 0.363 e. The highest BCUT2D eigenvalue weighted by atomic mass is 32.2. The highest BCUT2D eigenvalue weighted by Crippen LogP contribution is 2.26. The van der Waals surface area contributed by atoms with Crippen LogP contribution < -0.4 is 22.1 Å². The predicted molar refractivity (Wildman–Crippen MR) is 297 cm³/mol. The third kappa shape index (κ3) is 17.6. The number of nitrogens with two attached hydrogens (primary N) is 2. The molecule has 5 aromatic rings. The molecule has 8 rings (SSSR count). The Hall–Kier alpha value is -9.24. The fourth-order valence-corrected chi connectivity index (χ4v) is 8.27. The van der Waals surface area contributed by atoms with Gasteiger partial charge in [0, 0.05) is 87.2 Å². The Morgan fingerprint density at radius 3 is 1.31 bits per heavy atom. The van der Waals surface area contributed by atoms with E-state index in [0.29, 0.717) is 61.3 Å². The lowest BCUT2D eigenvalue weighted by molar-refractivity contribution is -0.172. The molecule has 0 radical (unpaired) electrons. The number of hydrogen-bond acceptors (Lipinski definition) is 21. The number of thioether (sulfide) groups is 2. The van der Waals surface area contributed by atoms with Gasteiger partial charge in [0.1, 0.15) is 12.6 Å². The summed E-state index contributed by atoms with van der Waals surface area (Å²) in [6, 6.07) is 25.4. The summed E-state index contributed by atoms with van der Waals surface area (Å²) in [6.07, 6.45) is 9.41. The average molecular weight is 1150 g/mol. The van der Waals surface area contributed by atoms with Crippen LogP contribution in [0.3, 0.4) is 0 Å². The number of carbonyl (C=O) groups excluding carboxylic acids is 13. The van der Waals surface area contributed by atoms with E-state index in [1.54, 1.807) is 93.5 Å². The van der Waals surface area contributed by atoms with Gasteiger partial charge in [0.15, 0.2) is 0 Å². The minimum Gasteiger partial charge on any atom is -0.355 e. The van der Waals surface area contributed by atoms with Gasteiger partial charge in [-0.1, -0.05) is 36.4 Å². The van der Waals surface area contributed by atoms with Gasteiger partial charge in [0.2, 0.25) is 23.6 Å². The van der Waals surface area contributed by atoms with Crippen molar-refractivity contribution in [2.75, 3.05) is 33.7 Å². The summed E-state index contributed by atoms with van der Waals surface area (Å²) in [5.41, 5.74) is 14.7. The lowest BCUT2D eigenvalue weighted by Gasteiger charge is -2.12. The van der Waals surface area contributed by atoms with E-state index in [-0.39, 0.29) is 60.7 Å². The van der Waals surface area contributed by atoms with Crippen LogP contribution in [0, 0.1) is 0 Å². The van der Waals surface area contributed by atoms with Gasteiger partial charge in [-0.25, -0.2) is 14.6 Å². The number of hydrogen-bond donors (Lipinski definition) is 4. The maximum atomic E-state index is 12.5. The van der Waals surface area contributed by atoms with Crippen molar-refractivity contribution in [2.45, 2.75) is 49.3 Å². The number of carbonyl (C=O) groups is 13. The number of pyridine rings is 2. The van der Waals surface area contributed by atoms with E-state index in [1.165, 1.54) is 79.4 Å². The fraction of sp³-hybridized carbons (Fsp3) is 0.236. The van der Waals surface area contributed by atoms with Crippen molar-refractivity contribution in [3.8, 4) is 0 Å². The summed E-state index contributed by atoms with van der Waals surface area (Å²) in [5, 5.41) is 4.56. The summed E-state index contributed by atoms with van der Waals surface area (Å²) in [7, 11) is 4.64. The van der Waals surface area contributed by atoms with E-state index in [4.69, 9.17) is 10.6 Å². The topological polar surface area (TPSA) is 355 Å². The number of nitrogens with zero attached hydrogens (tertiary/aromatic N) is 6. The van der Waals surface area contributed by atoms with Gasteiger partial charge in [-0.3, -0.25) is 72.5 Å². The molecule has 26 heteroatoms. The van der Waals surface area contributed by atoms with E-state index >= 15 is 0 Å². The molecule has 0 spiro atoms. The van der Waals surface area contributed by atoms with Crippen LogP contribution in [-0.2, 0) is 46.7 Å². The molecule has 0 saturated carbocycles. The predicted octanol–water partition coefficient (Wildman–Crippen LogP) is 3.02. The first-order chi connectivity index (χ1) is 38.9. The van der Waals surface area contributed by atoms with Crippen molar-refractivity contribution in [1.82, 2.24) is 35.5 Å². The molecular formula is C55H56N10O14S2. The van der Waals surface area contributed by atoms with Crippen LogP contribution in [0.25, 0.3) is 0 Å². The van der Waals surface area contributed by atoms with Crippen LogP contribution >= 0.6 is 23.5 Å². The number of amides is 10. The first kappa shape index (κ1) is 64.3. The van der Waals surface area contributed by atoms with E-state index in [1.807, 2.05) is 0 Å². The maximum Gasteiger partial charge on any atom is 0.363 e. The standard InChI is InChI=1S/C21H20N4O4S.C12H13N3O3S.C12H9NO5.C9H9NO2.CH5N/c1-22-19(27)14-5-3-13(4-6-14)10-23-12-16-8-7-15(11-24-16)20(28)25-18(26)9-17(30-2)21(25)29;1-19-9-4-10(16)15(12(9)18)11(17)7-2-3-8(5-13)14-6-7;14-7-8-1-3-9(4-2-8)12(17)18-13-10(15)5-6-11(13)16;1-10-9(12)8-4-2-7(6-11)3-5-8;1-2/h3-8,10-11,17H,9,12H2,1-2H3,(H,22,27);2-3,6,9H,4-5,13H2,1H3;1-4,7H,5-6H2;2-6H,1H3,(H,10,12);2H2,1H3. The number of hydroxylamine groups is 2. The molecule has 3 fully saturated rings. The van der Waals surface area contributed by atoms with E-state index in [0.717, 1.165) is 11.8 Å². The van der Waals surface area contributed by atoms with Crippen LogP contribution in [0.1, 0.15) is 115 Å². The molecule has 3 saturated heterocycles. The minimum absolute atomic E-state index is 0.0378. The summed E-state index contributed by atoms with van der Waals surface area (Å²) < 4.78 is 0. The number of nitrogens with one attached hydrogen (secondary N) is 2. The molecule has 6 N–H and O–H groups in total. The third-order valence-electron chi connectivity index (χ3n) is 11.4. The Bertz CT molecular complexity index is 3140. The summed E-state index contributed by atoms with van der Waals surface area (Å²) in [5.74, 6) is -5.32. The van der Waals surface area contributed by atoms with Crippen LogP contribution in [0.15, 0.2) is 114 Å². The maximum absolute atomic E-state index is 12.5. The zero-order chi connectivity index (χ0) is 59.8. The second kappa shape index (κ2) is 32.0. The molecule has 3 aliphatic rings. The number of benzene rings is 3. The number of likely N-dealkylation sites (tertiary alicyclic amines) is 2. The average Bonchev–Trinajstić information content (AvgIpc) is 4.11. The summed E-state index contributed by atoms with van der Waals surface area (Å²) in [6.45, 7) is 0.562. The molecule has 2 aromatic heterocycles. The normalized spacial score (nSPS) is 15.2. The van der Waals surface area contributed by atoms with Gasteiger partial charge in [-0.2, -0.15) is 23.5 Å². The molecule has 422 valence electrons. The molecule has 0 aliphatic carbocycles. The monoisotopic (exact) mass is 1140 g/mol. The Labute approximate surface area is 472 Å². The van der Waals surface area contributed by atoms with Gasteiger partial charge in [-0.15, -0.1) is 5.06 Å². The molecule has 81 heavy (non-hydrogen) atoms. The molecule has 3 aromatic carbocycles. The molecule has 2 unspecified atom stereocenters. The SMILES string of the molecule is CN.CNC(=O)c1ccc(C=NCc2ccc(C(=O)N3C(=O)CC(SC)C3=O)cn2)cc1.CNC(=O)c1ccc(C=O)cc1.CSC1CC(=O)N(C(=O)c2ccc(CN)nc2)C1=O.O=Cc1ccc(C(=O)ON2C(=O)CCC2=O)cc1. The van der Waals surface area contributed by atoms with Crippen molar-refractivity contribution in [1.29, 1.82) is 0 Å². The first-order valence-electron chi connectivity index (χ1n) is 24.2. The van der Waals surface area contributed by atoms with Crippen molar-refractivity contribution >= 4 is 107 Å². The number of imide groups is 7. The molecule has 10 amide bonds. The molecular weight excluding hydrogens is 1090 g/mol. The van der Waals surface area contributed by atoms with Crippen molar-refractivity contribution in [2.24, 2.45) is 16.5 Å².